The number of pyridine rings is 1. The number of aromatic nitrogens is 1. The minimum Gasteiger partial charge on any atom is -0.480 e. The molecule has 8 heteroatoms. The van der Waals surface area contributed by atoms with Gasteiger partial charge in [-0.15, -0.1) is 0 Å². The highest BCUT2D eigenvalue weighted by Gasteiger charge is 2.17. The van der Waals surface area contributed by atoms with Crippen LogP contribution in [0.4, 0.5) is 5.69 Å². The number of hydrogen-bond acceptors (Lipinski definition) is 5. The predicted molar refractivity (Wildman–Crippen MR) is 61.5 cm³/mol. The van der Waals surface area contributed by atoms with E-state index >= 15 is 0 Å². The van der Waals surface area contributed by atoms with Gasteiger partial charge in [-0.3, -0.25) is 14.9 Å². The molecule has 86 valence electrons. The molecule has 0 bridgehead atoms. The molecule has 1 aromatic heterocycles. The minimum atomic E-state index is -0.961. The first kappa shape index (κ1) is 12.9. The summed E-state index contributed by atoms with van der Waals surface area (Å²) in [5.41, 5.74) is -0.140. The number of hydrogen-bond donors (Lipinski definition) is 1. The number of halogens is 1. The second-order valence-electron chi connectivity index (χ2n) is 2.84. The molecule has 1 N–H and O–H groups in total. The molecule has 0 spiro atoms. The fourth-order valence-corrected chi connectivity index (χ4v) is 2.16. The zero-order valence-corrected chi connectivity index (χ0v) is 10.5. The molecule has 1 atom stereocenters. The van der Waals surface area contributed by atoms with E-state index in [0.29, 0.717) is 9.50 Å². The molecule has 0 radical (unpaired) electrons. The van der Waals surface area contributed by atoms with Crippen molar-refractivity contribution in [1.29, 1.82) is 0 Å². The highest BCUT2D eigenvalue weighted by molar-refractivity contribution is 9.10. The Kier molecular flexibility index (Phi) is 4.25. The van der Waals surface area contributed by atoms with Crippen molar-refractivity contribution in [2.45, 2.75) is 17.2 Å². The van der Waals surface area contributed by atoms with Crippen molar-refractivity contribution in [3.63, 3.8) is 0 Å². The Bertz CT molecular complexity index is 440. The lowest BCUT2D eigenvalue weighted by Crippen LogP contribution is -2.11. The number of thioether (sulfide) groups is 1. The van der Waals surface area contributed by atoms with Crippen LogP contribution < -0.4 is 0 Å². The van der Waals surface area contributed by atoms with Crippen LogP contribution in [0.5, 0.6) is 0 Å². The van der Waals surface area contributed by atoms with E-state index in [4.69, 9.17) is 5.11 Å². The number of carboxylic acids is 1. The molecule has 0 saturated carbocycles. The van der Waals surface area contributed by atoms with E-state index in [1.165, 1.54) is 13.0 Å². The van der Waals surface area contributed by atoms with Crippen LogP contribution in [0.15, 0.2) is 21.8 Å². The molecule has 1 rings (SSSR count). The fraction of sp³-hybridized carbons (Fsp3) is 0.250. The van der Waals surface area contributed by atoms with Gasteiger partial charge in [0.2, 0.25) is 0 Å². The Morgan fingerprint density at radius 3 is 2.81 bits per heavy atom. The average molecular weight is 307 g/mol. The quantitative estimate of drug-likeness (QED) is 0.521. The Hall–Kier alpha value is -1.15. The van der Waals surface area contributed by atoms with Crippen LogP contribution in [0.25, 0.3) is 0 Å². The number of nitrogens with zero attached hydrogens (tertiary/aromatic N) is 2. The number of carbonyl (C=O) groups is 1. The maximum atomic E-state index is 10.6. The first-order chi connectivity index (χ1) is 7.41. The van der Waals surface area contributed by atoms with Crippen LogP contribution in [-0.2, 0) is 4.79 Å². The smallest absolute Gasteiger partial charge is 0.316 e. The molecule has 0 saturated heterocycles. The second kappa shape index (κ2) is 5.26. The van der Waals surface area contributed by atoms with Gasteiger partial charge < -0.3 is 5.11 Å². The molecule has 0 fully saturated rings. The maximum absolute atomic E-state index is 10.6. The standard InChI is InChI=1S/C8H7BrN2O4S/c1-4(8(12)13)16-7-6(9)2-5(3-10-7)11(14)15/h2-4H,1H3,(H,12,13). The molecule has 1 heterocycles. The first-order valence-corrected chi connectivity index (χ1v) is 5.78. The van der Waals surface area contributed by atoms with Crippen molar-refractivity contribution >= 4 is 39.3 Å². The van der Waals surface area contributed by atoms with Crippen LogP contribution in [0.2, 0.25) is 0 Å². The van der Waals surface area contributed by atoms with Crippen molar-refractivity contribution in [2.75, 3.05) is 0 Å². The third kappa shape index (κ3) is 3.17. The summed E-state index contributed by atoms with van der Waals surface area (Å²) in [4.78, 5) is 24.3. The van der Waals surface area contributed by atoms with Crippen LogP contribution in [0.3, 0.4) is 0 Å². The summed E-state index contributed by atoms with van der Waals surface area (Å²) in [6, 6.07) is 1.30. The van der Waals surface area contributed by atoms with Crippen molar-refractivity contribution in [2.24, 2.45) is 0 Å². The topological polar surface area (TPSA) is 93.3 Å². The van der Waals surface area contributed by atoms with Gasteiger partial charge in [0, 0.05) is 6.07 Å². The van der Waals surface area contributed by atoms with Gasteiger partial charge in [0.05, 0.1) is 9.40 Å². The Labute approximate surface area is 103 Å². The molecule has 0 aromatic carbocycles. The zero-order chi connectivity index (χ0) is 12.3. The van der Waals surface area contributed by atoms with E-state index in [2.05, 4.69) is 20.9 Å². The Morgan fingerprint density at radius 1 is 1.75 bits per heavy atom. The van der Waals surface area contributed by atoms with Gasteiger partial charge in [0.15, 0.2) is 0 Å². The number of aliphatic carboxylic acids is 1. The summed E-state index contributed by atoms with van der Waals surface area (Å²) in [5, 5.41) is 18.9. The van der Waals surface area contributed by atoms with Gasteiger partial charge in [-0.2, -0.15) is 0 Å². The Balaban J connectivity index is 2.91. The van der Waals surface area contributed by atoms with Gasteiger partial charge in [-0.25, -0.2) is 4.98 Å². The third-order valence-corrected chi connectivity index (χ3v) is 3.61. The minimum absolute atomic E-state index is 0.140. The lowest BCUT2D eigenvalue weighted by Gasteiger charge is -2.06. The highest BCUT2D eigenvalue weighted by Crippen LogP contribution is 2.30. The van der Waals surface area contributed by atoms with Gasteiger partial charge in [0.1, 0.15) is 16.5 Å². The molecule has 0 aliphatic heterocycles. The van der Waals surface area contributed by atoms with E-state index in [-0.39, 0.29) is 5.69 Å². The van der Waals surface area contributed by atoms with Gasteiger partial charge in [0.25, 0.3) is 5.69 Å². The average Bonchev–Trinajstić information content (AvgIpc) is 2.20. The predicted octanol–water partition coefficient (Wildman–Crippen LogP) is 2.32. The summed E-state index contributed by atoms with van der Waals surface area (Å²) in [6.07, 6.45) is 1.10. The molecule has 0 aliphatic carbocycles. The summed E-state index contributed by atoms with van der Waals surface area (Å²) in [6.45, 7) is 1.52. The van der Waals surface area contributed by atoms with E-state index in [0.717, 1.165) is 18.0 Å². The summed E-state index contributed by atoms with van der Waals surface area (Å²) < 4.78 is 0.416. The fourth-order valence-electron chi connectivity index (χ4n) is 0.820. The highest BCUT2D eigenvalue weighted by atomic mass is 79.9. The normalized spacial score (nSPS) is 12.1. The van der Waals surface area contributed by atoms with Gasteiger partial charge >= 0.3 is 5.97 Å². The monoisotopic (exact) mass is 306 g/mol. The van der Waals surface area contributed by atoms with Crippen LogP contribution >= 0.6 is 27.7 Å². The van der Waals surface area contributed by atoms with Crippen LogP contribution in [0, 0.1) is 10.1 Å². The second-order valence-corrected chi connectivity index (χ2v) is 5.02. The largest absolute Gasteiger partial charge is 0.480 e. The van der Waals surface area contributed by atoms with Crippen molar-refractivity contribution in [1.82, 2.24) is 4.98 Å². The first-order valence-electron chi connectivity index (χ1n) is 4.11. The zero-order valence-electron chi connectivity index (χ0n) is 8.08. The van der Waals surface area contributed by atoms with E-state index in [1.54, 1.807) is 0 Å². The van der Waals surface area contributed by atoms with Crippen LogP contribution in [-0.4, -0.2) is 26.2 Å². The molecule has 16 heavy (non-hydrogen) atoms. The SMILES string of the molecule is CC(Sc1ncc([N+](=O)[O-])cc1Br)C(=O)O. The van der Waals surface area contributed by atoms with Gasteiger partial charge in [-0.05, 0) is 22.9 Å². The van der Waals surface area contributed by atoms with E-state index in [1.807, 2.05) is 0 Å². The molecular weight excluding hydrogens is 300 g/mol. The summed E-state index contributed by atoms with van der Waals surface area (Å²) in [5.74, 6) is -0.961. The number of carboxylic acid groups (broad SMARTS) is 1. The van der Waals surface area contributed by atoms with Crippen LogP contribution in [0.1, 0.15) is 6.92 Å². The maximum Gasteiger partial charge on any atom is 0.316 e. The van der Waals surface area contributed by atoms with Gasteiger partial charge in [-0.1, -0.05) is 11.8 Å². The third-order valence-electron chi connectivity index (χ3n) is 1.64. The van der Waals surface area contributed by atoms with E-state index in [9.17, 15) is 14.9 Å². The molecular formula is C8H7BrN2O4S. The summed E-state index contributed by atoms with van der Waals surface area (Å²) in [7, 11) is 0. The molecule has 1 aromatic rings. The van der Waals surface area contributed by atoms with E-state index < -0.39 is 16.1 Å². The number of rotatable bonds is 4. The Morgan fingerprint density at radius 2 is 2.38 bits per heavy atom. The molecule has 0 amide bonds. The number of nitro groups is 1. The van der Waals surface area contributed by atoms with Crippen molar-refractivity contribution in [3.8, 4) is 0 Å². The lowest BCUT2D eigenvalue weighted by molar-refractivity contribution is -0.385. The van der Waals surface area contributed by atoms with Crippen molar-refractivity contribution < 1.29 is 14.8 Å². The molecule has 1 unspecified atom stereocenters. The summed E-state index contributed by atoms with van der Waals surface area (Å²) >= 11 is 4.13. The lowest BCUT2D eigenvalue weighted by atomic mass is 10.4. The molecule has 6 nitrogen and oxygen atoms in total. The van der Waals surface area contributed by atoms with Crippen molar-refractivity contribution in [3.05, 3.63) is 26.9 Å². The molecule has 0 aliphatic rings.